The normalized spacial score (nSPS) is 14.1. The molecule has 1 aromatic heterocycles. The number of aromatic nitrogens is 2. The number of nitrogens with zero attached hydrogens (tertiary/aromatic N) is 2. The Morgan fingerprint density at radius 3 is 2.69 bits per heavy atom. The summed E-state index contributed by atoms with van der Waals surface area (Å²) in [5.74, 6) is 3.20. The number of hydrogen-bond donors (Lipinski definition) is 1. The first-order valence-corrected chi connectivity index (χ1v) is 6.76. The highest BCUT2D eigenvalue weighted by Gasteiger charge is 2.27. The lowest BCUT2D eigenvalue weighted by Gasteiger charge is -2.23. The quantitative estimate of drug-likeness (QED) is 0.805. The summed E-state index contributed by atoms with van der Waals surface area (Å²) in [7, 11) is 0. The van der Waals surface area contributed by atoms with E-state index in [1.807, 2.05) is 11.8 Å². The maximum absolute atomic E-state index is 6.04. The van der Waals surface area contributed by atoms with Gasteiger partial charge in [0, 0.05) is 0 Å². The standard InChI is InChI=1S/C11H21N3OS/c1-5-6-16-7-8-13-10(15-14-8)9(12)11(2,3)4/h9H,5-7,12H2,1-4H3/t9-/m0/s1. The van der Waals surface area contributed by atoms with Crippen molar-refractivity contribution in [3.8, 4) is 0 Å². The van der Waals surface area contributed by atoms with Crippen molar-refractivity contribution < 1.29 is 4.52 Å². The molecule has 1 aromatic rings. The lowest BCUT2D eigenvalue weighted by molar-refractivity contribution is 0.252. The van der Waals surface area contributed by atoms with Crippen molar-refractivity contribution in [1.82, 2.24) is 10.1 Å². The Morgan fingerprint density at radius 2 is 2.12 bits per heavy atom. The largest absolute Gasteiger partial charge is 0.338 e. The summed E-state index contributed by atoms with van der Waals surface area (Å²) in [6.07, 6.45) is 1.16. The van der Waals surface area contributed by atoms with Crippen molar-refractivity contribution in [3.05, 3.63) is 11.7 Å². The maximum atomic E-state index is 6.04. The van der Waals surface area contributed by atoms with Crippen LogP contribution in [0.25, 0.3) is 0 Å². The van der Waals surface area contributed by atoms with Crippen LogP contribution in [0.5, 0.6) is 0 Å². The smallest absolute Gasteiger partial charge is 0.244 e. The van der Waals surface area contributed by atoms with Crippen molar-refractivity contribution in [2.45, 2.75) is 45.9 Å². The Balaban J connectivity index is 2.57. The highest BCUT2D eigenvalue weighted by atomic mass is 32.2. The predicted molar refractivity (Wildman–Crippen MR) is 67.1 cm³/mol. The van der Waals surface area contributed by atoms with E-state index in [2.05, 4.69) is 37.8 Å². The van der Waals surface area contributed by atoms with E-state index in [1.165, 1.54) is 0 Å². The molecule has 0 radical (unpaired) electrons. The van der Waals surface area contributed by atoms with Crippen LogP contribution in [-0.2, 0) is 5.75 Å². The van der Waals surface area contributed by atoms with E-state index in [-0.39, 0.29) is 11.5 Å². The molecule has 0 bridgehead atoms. The monoisotopic (exact) mass is 243 g/mol. The van der Waals surface area contributed by atoms with Crippen LogP contribution in [0.2, 0.25) is 0 Å². The molecule has 16 heavy (non-hydrogen) atoms. The minimum absolute atomic E-state index is 0.0552. The van der Waals surface area contributed by atoms with E-state index >= 15 is 0 Å². The fourth-order valence-electron chi connectivity index (χ4n) is 1.13. The molecule has 0 saturated heterocycles. The summed E-state index contributed by atoms with van der Waals surface area (Å²) >= 11 is 1.81. The molecule has 0 aromatic carbocycles. The second-order valence-electron chi connectivity index (χ2n) is 4.95. The molecule has 0 aliphatic rings. The van der Waals surface area contributed by atoms with Gasteiger partial charge in [0.2, 0.25) is 5.89 Å². The van der Waals surface area contributed by atoms with Gasteiger partial charge in [-0.3, -0.25) is 0 Å². The average Bonchev–Trinajstić information content (AvgIpc) is 2.64. The number of rotatable bonds is 5. The summed E-state index contributed by atoms with van der Waals surface area (Å²) in [6, 6.07) is -0.204. The van der Waals surface area contributed by atoms with Gasteiger partial charge in [0.25, 0.3) is 0 Å². The Kier molecular flexibility index (Phi) is 4.80. The van der Waals surface area contributed by atoms with Gasteiger partial charge in [0.1, 0.15) is 0 Å². The van der Waals surface area contributed by atoms with Gasteiger partial charge in [-0.05, 0) is 17.6 Å². The Labute approximate surface area is 101 Å². The average molecular weight is 243 g/mol. The third-order valence-electron chi connectivity index (χ3n) is 2.26. The Bertz CT molecular complexity index is 319. The molecule has 0 spiro atoms. The number of hydrogen-bond acceptors (Lipinski definition) is 5. The van der Waals surface area contributed by atoms with Crippen LogP contribution in [0, 0.1) is 5.41 Å². The molecule has 0 aliphatic heterocycles. The predicted octanol–water partition coefficient (Wildman–Crippen LogP) is 2.76. The van der Waals surface area contributed by atoms with Crippen molar-refractivity contribution >= 4 is 11.8 Å². The van der Waals surface area contributed by atoms with Crippen LogP contribution < -0.4 is 5.73 Å². The Morgan fingerprint density at radius 1 is 1.44 bits per heavy atom. The molecule has 1 atom stereocenters. The zero-order valence-corrected chi connectivity index (χ0v) is 11.3. The SMILES string of the molecule is CCCSCc1noc([C@H](N)C(C)(C)C)n1. The molecule has 5 heteroatoms. The van der Waals surface area contributed by atoms with Gasteiger partial charge in [0.15, 0.2) is 5.82 Å². The van der Waals surface area contributed by atoms with Crippen molar-refractivity contribution in [2.75, 3.05) is 5.75 Å². The zero-order chi connectivity index (χ0) is 12.2. The lowest BCUT2D eigenvalue weighted by Crippen LogP contribution is -2.26. The number of nitrogens with two attached hydrogens (primary N) is 1. The molecule has 0 aliphatic carbocycles. The lowest BCUT2D eigenvalue weighted by atomic mass is 9.87. The van der Waals surface area contributed by atoms with Gasteiger partial charge >= 0.3 is 0 Å². The zero-order valence-electron chi connectivity index (χ0n) is 10.5. The molecule has 1 heterocycles. The third kappa shape index (κ3) is 3.79. The molecule has 1 rings (SSSR count). The van der Waals surface area contributed by atoms with Gasteiger partial charge in [-0.15, -0.1) is 0 Å². The highest BCUT2D eigenvalue weighted by molar-refractivity contribution is 7.98. The maximum Gasteiger partial charge on any atom is 0.244 e. The summed E-state index contributed by atoms with van der Waals surface area (Å²) in [5, 5.41) is 3.94. The van der Waals surface area contributed by atoms with E-state index in [0.29, 0.717) is 5.89 Å². The second kappa shape index (κ2) is 5.68. The second-order valence-corrected chi connectivity index (χ2v) is 6.05. The number of thioether (sulfide) groups is 1. The molecule has 92 valence electrons. The minimum Gasteiger partial charge on any atom is -0.338 e. The molecule has 0 unspecified atom stereocenters. The van der Waals surface area contributed by atoms with E-state index in [4.69, 9.17) is 10.3 Å². The highest BCUT2D eigenvalue weighted by Crippen LogP contribution is 2.29. The van der Waals surface area contributed by atoms with Crippen LogP contribution in [0.15, 0.2) is 4.52 Å². The van der Waals surface area contributed by atoms with Crippen molar-refractivity contribution in [2.24, 2.45) is 11.1 Å². The molecule has 2 N–H and O–H groups in total. The van der Waals surface area contributed by atoms with E-state index in [9.17, 15) is 0 Å². The first-order chi connectivity index (χ1) is 7.45. The fourth-order valence-corrected chi connectivity index (χ4v) is 1.86. The van der Waals surface area contributed by atoms with Crippen LogP contribution >= 0.6 is 11.8 Å². The summed E-state index contributed by atoms with van der Waals surface area (Å²) in [4.78, 5) is 4.32. The summed E-state index contributed by atoms with van der Waals surface area (Å²) < 4.78 is 5.18. The summed E-state index contributed by atoms with van der Waals surface area (Å²) in [5.41, 5.74) is 5.98. The molecule has 4 nitrogen and oxygen atoms in total. The van der Waals surface area contributed by atoms with Gasteiger partial charge in [-0.25, -0.2) is 0 Å². The molecule has 0 amide bonds. The van der Waals surface area contributed by atoms with Crippen molar-refractivity contribution in [1.29, 1.82) is 0 Å². The molecular formula is C11H21N3OS. The van der Waals surface area contributed by atoms with E-state index < -0.39 is 0 Å². The van der Waals surface area contributed by atoms with Gasteiger partial charge in [0.05, 0.1) is 11.8 Å². The molecule has 0 saturated carbocycles. The van der Waals surface area contributed by atoms with Crippen LogP contribution in [0.4, 0.5) is 0 Å². The third-order valence-corrected chi connectivity index (χ3v) is 3.42. The minimum atomic E-state index is -0.204. The van der Waals surface area contributed by atoms with Gasteiger partial charge in [-0.1, -0.05) is 32.9 Å². The van der Waals surface area contributed by atoms with Crippen LogP contribution in [0.3, 0.4) is 0 Å². The first-order valence-electron chi connectivity index (χ1n) is 5.61. The molecule has 0 fully saturated rings. The van der Waals surface area contributed by atoms with Crippen molar-refractivity contribution in [3.63, 3.8) is 0 Å². The van der Waals surface area contributed by atoms with Gasteiger partial charge < -0.3 is 10.3 Å². The van der Waals surface area contributed by atoms with Crippen LogP contribution in [0.1, 0.15) is 51.9 Å². The Hall–Kier alpha value is -0.550. The van der Waals surface area contributed by atoms with E-state index in [1.54, 1.807) is 0 Å². The van der Waals surface area contributed by atoms with E-state index in [0.717, 1.165) is 23.8 Å². The summed E-state index contributed by atoms with van der Waals surface area (Å²) in [6.45, 7) is 8.35. The topological polar surface area (TPSA) is 64.9 Å². The first kappa shape index (κ1) is 13.5. The van der Waals surface area contributed by atoms with Gasteiger partial charge in [-0.2, -0.15) is 16.7 Å². The fraction of sp³-hybridized carbons (Fsp3) is 0.818. The molecular weight excluding hydrogens is 222 g/mol. The van der Waals surface area contributed by atoms with Crippen LogP contribution in [-0.4, -0.2) is 15.9 Å².